The third-order valence-corrected chi connectivity index (χ3v) is 3.08. The van der Waals surface area contributed by atoms with Gasteiger partial charge in [0.15, 0.2) is 0 Å². The Morgan fingerprint density at radius 1 is 1.00 bits per heavy atom. The van der Waals surface area contributed by atoms with Crippen molar-refractivity contribution in [2.45, 2.75) is 0 Å². The van der Waals surface area contributed by atoms with Crippen LogP contribution in [0, 0.1) is 0 Å². The van der Waals surface area contributed by atoms with E-state index in [4.69, 9.17) is 17.3 Å². The second-order valence-corrected chi connectivity index (χ2v) is 4.18. The Labute approximate surface area is 108 Å². The molecule has 0 aliphatic heterocycles. The van der Waals surface area contributed by atoms with Gasteiger partial charge in [-0.15, -0.1) is 0 Å². The number of anilines is 1. The van der Waals surface area contributed by atoms with Crippen LogP contribution in [-0.4, -0.2) is 15.0 Å². The van der Waals surface area contributed by atoms with Gasteiger partial charge < -0.3 is 5.73 Å². The molecule has 0 spiro atoms. The molecule has 5 heteroatoms. The van der Waals surface area contributed by atoms with Gasteiger partial charge in [0.25, 0.3) is 0 Å². The van der Waals surface area contributed by atoms with Crippen LogP contribution in [0.4, 0.5) is 5.82 Å². The Bertz CT molecular complexity index is 722. The predicted octanol–water partition coefficient (Wildman–Crippen LogP) is 2.93. The molecule has 0 atom stereocenters. The highest BCUT2D eigenvalue weighted by Gasteiger charge is 2.12. The number of nitrogens with zero attached hydrogens (tertiary/aromatic N) is 3. The number of hydrogen-bond donors (Lipinski definition) is 1. The van der Waals surface area contributed by atoms with Crippen LogP contribution in [0.15, 0.2) is 42.9 Å². The van der Waals surface area contributed by atoms with Gasteiger partial charge in [-0.1, -0.05) is 35.9 Å². The molecule has 18 heavy (non-hydrogen) atoms. The number of pyridine rings is 1. The van der Waals surface area contributed by atoms with Crippen molar-refractivity contribution in [3.05, 3.63) is 47.9 Å². The molecular weight excluding hydrogens is 248 g/mol. The molecule has 4 nitrogen and oxygen atoms in total. The first-order valence-corrected chi connectivity index (χ1v) is 5.75. The Balaban J connectivity index is 2.35. The van der Waals surface area contributed by atoms with Crippen molar-refractivity contribution < 1.29 is 0 Å². The molecule has 0 unspecified atom stereocenters. The third kappa shape index (κ3) is 1.67. The van der Waals surface area contributed by atoms with Gasteiger partial charge in [-0.05, 0) is 6.07 Å². The Kier molecular flexibility index (Phi) is 2.57. The zero-order valence-corrected chi connectivity index (χ0v) is 10.1. The fourth-order valence-corrected chi connectivity index (χ4v) is 2.07. The second kappa shape index (κ2) is 4.23. The minimum Gasteiger partial charge on any atom is -0.382 e. The molecule has 0 aliphatic rings. The fraction of sp³-hybridized carbons (Fsp3) is 0. The lowest BCUT2D eigenvalue weighted by Gasteiger charge is -2.07. The third-order valence-electron chi connectivity index (χ3n) is 2.70. The average Bonchev–Trinajstić information content (AvgIpc) is 2.41. The molecule has 0 fully saturated rings. The monoisotopic (exact) mass is 256 g/mol. The molecule has 0 amide bonds. The first-order chi connectivity index (χ1) is 8.77. The van der Waals surface area contributed by atoms with E-state index in [2.05, 4.69) is 15.0 Å². The highest BCUT2D eigenvalue weighted by atomic mass is 35.5. The van der Waals surface area contributed by atoms with Crippen LogP contribution in [-0.2, 0) is 0 Å². The van der Waals surface area contributed by atoms with Crippen molar-refractivity contribution in [1.29, 1.82) is 0 Å². The van der Waals surface area contributed by atoms with Crippen molar-refractivity contribution in [3.63, 3.8) is 0 Å². The van der Waals surface area contributed by atoms with Gasteiger partial charge in [0, 0.05) is 17.1 Å². The number of rotatable bonds is 1. The van der Waals surface area contributed by atoms with Gasteiger partial charge in [0.1, 0.15) is 17.2 Å². The highest BCUT2D eigenvalue weighted by Crippen LogP contribution is 2.32. The first kappa shape index (κ1) is 10.9. The maximum Gasteiger partial charge on any atom is 0.146 e. The van der Waals surface area contributed by atoms with Gasteiger partial charge in [0.05, 0.1) is 11.2 Å². The van der Waals surface area contributed by atoms with Gasteiger partial charge in [0.2, 0.25) is 0 Å². The van der Waals surface area contributed by atoms with Gasteiger partial charge in [-0.25, -0.2) is 9.97 Å². The Morgan fingerprint density at radius 3 is 2.72 bits per heavy atom. The van der Waals surface area contributed by atoms with E-state index in [0.717, 1.165) is 16.5 Å². The van der Waals surface area contributed by atoms with E-state index in [0.29, 0.717) is 10.7 Å². The molecule has 0 radical (unpaired) electrons. The number of para-hydroxylation sites is 1. The lowest BCUT2D eigenvalue weighted by molar-refractivity contribution is 1.18. The number of halogens is 1. The summed E-state index contributed by atoms with van der Waals surface area (Å²) in [4.78, 5) is 12.4. The summed E-state index contributed by atoms with van der Waals surface area (Å²) in [6.45, 7) is 0. The van der Waals surface area contributed by atoms with Gasteiger partial charge in [-0.2, -0.15) is 0 Å². The largest absolute Gasteiger partial charge is 0.382 e. The molecule has 88 valence electrons. The fourth-order valence-electron chi connectivity index (χ4n) is 1.87. The highest BCUT2D eigenvalue weighted by molar-refractivity contribution is 6.35. The minimum atomic E-state index is 0.273. The smallest absolute Gasteiger partial charge is 0.146 e. The lowest BCUT2D eigenvalue weighted by Crippen LogP contribution is -1.96. The summed E-state index contributed by atoms with van der Waals surface area (Å²) < 4.78 is 0. The van der Waals surface area contributed by atoms with E-state index < -0.39 is 0 Å². The standard InChI is InChI=1S/C13H9ClN4/c14-10-12(17-7-18-13(10)15)9-5-1-3-8-4-2-6-16-11(8)9/h1-7H,(H2,15,17,18). The van der Waals surface area contributed by atoms with Crippen LogP contribution in [0.5, 0.6) is 0 Å². The van der Waals surface area contributed by atoms with Crippen molar-refractivity contribution in [3.8, 4) is 11.3 Å². The minimum absolute atomic E-state index is 0.273. The molecule has 1 aromatic carbocycles. The number of hydrogen-bond acceptors (Lipinski definition) is 4. The molecule has 0 aliphatic carbocycles. The maximum absolute atomic E-state index is 6.15. The average molecular weight is 257 g/mol. The van der Waals surface area contributed by atoms with Crippen molar-refractivity contribution in [2.24, 2.45) is 0 Å². The summed E-state index contributed by atoms with van der Waals surface area (Å²) in [5.74, 6) is 0.273. The SMILES string of the molecule is Nc1ncnc(-c2cccc3cccnc23)c1Cl. The number of nitrogen functional groups attached to an aromatic ring is 1. The normalized spacial score (nSPS) is 10.7. The molecule has 3 rings (SSSR count). The van der Waals surface area contributed by atoms with Crippen LogP contribution in [0.2, 0.25) is 5.02 Å². The van der Waals surface area contributed by atoms with E-state index in [1.54, 1.807) is 6.20 Å². The van der Waals surface area contributed by atoms with Crippen LogP contribution >= 0.6 is 11.6 Å². The molecule has 3 aromatic rings. The number of fused-ring (bicyclic) bond motifs is 1. The van der Waals surface area contributed by atoms with Crippen LogP contribution in [0.3, 0.4) is 0 Å². The topological polar surface area (TPSA) is 64.7 Å². The second-order valence-electron chi connectivity index (χ2n) is 3.80. The summed E-state index contributed by atoms with van der Waals surface area (Å²) >= 11 is 6.15. The van der Waals surface area contributed by atoms with Crippen LogP contribution in [0.1, 0.15) is 0 Å². The number of benzene rings is 1. The van der Waals surface area contributed by atoms with E-state index in [9.17, 15) is 0 Å². The summed E-state index contributed by atoms with van der Waals surface area (Å²) in [5, 5.41) is 1.39. The van der Waals surface area contributed by atoms with Crippen LogP contribution < -0.4 is 5.73 Å². The Morgan fingerprint density at radius 2 is 1.83 bits per heavy atom. The van der Waals surface area contributed by atoms with Crippen LogP contribution in [0.25, 0.3) is 22.2 Å². The molecule has 2 aromatic heterocycles. The van der Waals surface area contributed by atoms with E-state index in [1.807, 2.05) is 30.3 Å². The van der Waals surface area contributed by atoms with E-state index in [-0.39, 0.29) is 5.82 Å². The molecule has 0 bridgehead atoms. The number of aromatic nitrogens is 3. The molecule has 2 heterocycles. The summed E-state index contributed by atoms with van der Waals surface area (Å²) in [7, 11) is 0. The Hall–Kier alpha value is -2.20. The summed E-state index contributed by atoms with van der Waals surface area (Å²) in [5.41, 5.74) is 8.00. The molecule has 0 saturated carbocycles. The predicted molar refractivity (Wildman–Crippen MR) is 72.2 cm³/mol. The van der Waals surface area contributed by atoms with Crippen molar-refractivity contribution in [1.82, 2.24) is 15.0 Å². The molecular formula is C13H9ClN4. The lowest BCUT2D eigenvalue weighted by atomic mass is 10.1. The summed E-state index contributed by atoms with van der Waals surface area (Å²) in [6.07, 6.45) is 3.14. The molecule has 0 saturated heterocycles. The van der Waals surface area contributed by atoms with E-state index in [1.165, 1.54) is 6.33 Å². The zero-order chi connectivity index (χ0) is 12.5. The van der Waals surface area contributed by atoms with E-state index >= 15 is 0 Å². The quantitative estimate of drug-likeness (QED) is 0.727. The van der Waals surface area contributed by atoms with Gasteiger partial charge >= 0.3 is 0 Å². The zero-order valence-electron chi connectivity index (χ0n) is 9.34. The van der Waals surface area contributed by atoms with Crippen molar-refractivity contribution >= 4 is 28.3 Å². The summed E-state index contributed by atoms with van der Waals surface area (Å²) in [6, 6.07) is 9.73. The number of nitrogens with two attached hydrogens (primary N) is 1. The van der Waals surface area contributed by atoms with Crippen molar-refractivity contribution in [2.75, 3.05) is 5.73 Å². The molecule has 2 N–H and O–H groups in total. The first-order valence-electron chi connectivity index (χ1n) is 5.37. The van der Waals surface area contributed by atoms with Gasteiger partial charge in [-0.3, -0.25) is 4.98 Å². The maximum atomic E-state index is 6.15.